The number of alkyl halides is 3. The number of carbonyl (C=O) groups excluding carboxylic acids is 1. The fourth-order valence-electron chi connectivity index (χ4n) is 3.64. The quantitative estimate of drug-likeness (QED) is 0.728. The molecule has 0 aliphatic heterocycles. The van der Waals surface area contributed by atoms with Crippen LogP contribution in [0, 0.1) is 5.92 Å². The van der Waals surface area contributed by atoms with Gasteiger partial charge in [-0.25, -0.2) is 13.4 Å². The van der Waals surface area contributed by atoms with Crippen molar-refractivity contribution in [2.24, 2.45) is 5.92 Å². The Bertz CT molecular complexity index is 939. The van der Waals surface area contributed by atoms with Gasteiger partial charge < -0.3 is 5.32 Å². The number of anilines is 1. The zero-order valence-electron chi connectivity index (χ0n) is 15.5. The van der Waals surface area contributed by atoms with Crippen molar-refractivity contribution < 1.29 is 26.4 Å². The highest BCUT2D eigenvalue weighted by molar-refractivity contribution is 7.92. The van der Waals surface area contributed by atoms with E-state index >= 15 is 0 Å². The number of carbonyl (C=O) groups is 1. The molecule has 1 aromatic carbocycles. The van der Waals surface area contributed by atoms with Crippen LogP contribution >= 0.6 is 0 Å². The largest absolute Gasteiger partial charge is 0.501 e. The van der Waals surface area contributed by atoms with Gasteiger partial charge in [-0.15, -0.1) is 0 Å². The maximum atomic E-state index is 12.9. The summed E-state index contributed by atoms with van der Waals surface area (Å²) >= 11 is 0. The Morgan fingerprint density at radius 3 is 2.31 bits per heavy atom. The highest BCUT2D eigenvalue weighted by atomic mass is 32.2. The van der Waals surface area contributed by atoms with Crippen LogP contribution in [0.15, 0.2) is 53.6 Å². The van der Waals surface area contributed by atoms with Crippen LogP contribution in [-0.2, 0) is 14.6 Å². The number of pyridine rings is 1. The number of amides is 1. The molecule has 1 atom stereocenters. The summed E-state index contributed by atoms with van der Waals surface area (Å²) in [6.45, 7) is 0. The molecule has 5 nitrogen and oxygen atoms in total. The average molecular weight is 426 g/mol. The van der Waals surface area contributed by atoms with Gasteiger partial charge in [-0.2, -0.15) is 13.2 Å². The minimum atomic E-state index is -5.42. The van der Waals surface area contributed by atoms with Gasteiger partial charge in [0.2, 0.25) is 5.91 Å². The highest BCUT2D eigenvalue weighted by Gasteiger charge is 2.46. The molecule has 1 fully saturated rings. The summed E-state index contributed by atoms with van der Waals surface area (Å²) in [6.07, 6.45) is 6.24. The maximum absolute atomic E-state index is 12.9. The van der Waals surface area contributed by atoms with E-state index in [1.807, 2.05) is 0 Å². The third kappa shape index (κ3) is 4.95. The number of nitrogens with one attached hydrogen (secondary N) is 1. The average Bonchev–Trinajstić information content (AvgIpc) is 3.19. The van der Waals surface area contributed by atoms with Gasteiger partial charge in [0, 0.05) is 6.20 Å². The Kier molecular flexibility index (Phi) is 6.26. The second-order valence-corrected chi connectivity index (χ2v) is 9.10. The van der Waals surface area contributed by atoms with E-state index in [4.69, 9.17) is 0 Å². The van der Waals surface area contributed by atoms with E-state index in [2.05, 4.69) is 10.3 Å². The van der Waals surface area contributed by atoms with Crippen molar-refractivity contribution in [1.29, 1.82) is 0 Å². The summed E-state index contributed by atoms with van der Waals surface area (Å²) in [5, 5.41) is 2.74. The molecule has 1 amide bonds. The lowest BCUT2D eigenvalue weighted by molar-refractivity contribution is -0.118. The van der Waals surface area contributed by atoms with Crippen LogP contribution in [0.25, 0.3) is 0 Å². The number of hydrogen-bond acceptors (Lipinski definition) is 4. The molecule has 0 radical (unpaired) electrons. The molecule has 3 rings (SSSR count). The van der Waals surface area contributed by atoms with Crippen molar-refractivity contribution in [1.82, 2.24) is 4.98 Å². The van der Waals surface area contributed by atoms with E-state index in [9.17, 15) is 26.4 Å². The van der Waals surface area contributed by atoms with Crippen molar-refractivity contribution >= 4 is 21.6 Å². The molecule has 1 unspecified atom stereocenters. The number of benzene rings is 1. The zero-order valence-corrected chi connectivity index (χ0v) is 16.3. The summed E-state index contributed by atoms with van der Waals surface area (Å²) in [6, 6.07) is 9.48. The molecular formula is C20H21F3N2O3S. The van der Waals surface area contributed by atoms with Gasteiger partial charge in [0.15, 0.2) is 0 Å². The van der Waals surface area contributed by atoms with Crippen LogP contribution in [0.1, 0.15) is 43.6 Å². The fraction of sp³-hybridized carbons (Fsp3) is 0.400. The van der Waals surface area contributed by atoms with Gasteiger partial charge in [-0.05, 0) is 42.2 Å². The van der Waals surface area contributed by atoms with Crippen LogP contribution in [0.4, 0.5) is 19.0 Å². The minimum absolute atomic E-state index is 0.318. The number of rotatable bonds is 6. The first kappa shape index (κ1) is 21.3. The van der Waals surface area contributed by atoms with E-state index in [0.29, 0.717) is 23.7 Å². The monoisotopic (exact) mass is 426 g/mol. The van der Waals surface area contributed by atoms with Gasteiger partial charge in [0.1, 0.15) is 5.82 Å². The molecule has 0 spiro atoms. The van der Waals surface area contributed by atoms with E-state index in [0.717, 1.165) is 37.8 Å². The lowest BCUT2D eigenvalue weighted by atomic mass is 9.87. The van der Waals surface area contributed by atoms with E-state index in [-0.39, 0.29) is 5.91 Å². The standard InChI is InChI=1S/C20H21F3N2O3S/c21-20(22,23)29(27,28)16-10-8-15(9-11-16)17(13-14-5-1-2-6-14)19(26)25-18-7-3-4-12-24-18/h3-4,7-12,14,17H,1-2,5-6,13H2,(H,24,25,26). The maximum Gasteiger partial charge on any atom is 0.501 e. The molecule has 2 aromatic rings. The Morgan fingerprint density at radius 1 is 1.10 bits per heavy atom. The predicted octanol–water partition coefficient (Wildman–Crippen LogP) is 4.68. The van der Waals surface area contributed by atoms with Crippen molar-refractivity contribution in [2.45, 2.75) is 48.4 Å². The number of sulfone groups is 1. The Balaban J connectivity index is 1.86. The SMILES string of the molecule is O=C(Nc1ccccn1)C(CC1CCCC1)c1ccc(S(=O)(=O)C(F)(F)F)cc1. The molecule has 1 N–H and O–H groups in total. The Hall–Kier alpha value is -2.42. The third-order valence-electron chi connectivity index (χ3n) is 5.17. The fourth-order valence-corrected chi connectivity index (χ4v) is 4.40. The van der Waals surface area contributed by atoms with Crippen molar-refractivity contribution in [3.8, 4) is 0 Å². The normalized spacial score (nSPS) is 16.5. The molecule has 1 heterocycles. The Labute approximate surface area is 167 Å². The topological polar surface area (TPSA) is 76.1 Å². The first-order valence-electron chi connectivity index (χ1n) is 9.31. The van der Waals surface area contributed by atoms with Gasteiger partial charge >= 0.3 is 5.51 Å². The lowest BCUT2D eigenvalue weighted by Gasteiger charge is -2.21. The molecule has 1 aromatic heterocycles. The van der Waals surface area contributed by atoms with Gasteiger partial charge in [-0.3, -0.25) is 4.79 Å². The van der Waals surface area contributed by atoms with Gasteiger partial charge in [0.25, 0.3) is 9.84 Å². The summed E-state index contributed by atoms with van der Waals surface area (Å²) in [4.78, 5) is 16.1. The summed E-state index contributed by atoms with van der Waals surface area (Å²) in [5.41, 5.74) is -4.89. The predicted molar refractivity (Wildman–Crippen MR) is 102 cm³/mol. The number of nitrogens with zero attached hydrogens (tertiary/aromatic N) is 1. The lowest BCUT2D eigenvalue weighted by Crippen LogP contribution is -2.25. The Morgan fingerprint density at radius 2 is 1.76 bits per heavy atom. The summed E-state index contributed by atoms with van der Waals surface area (Å²) in [7, 11) is -5.42. The minimum Gasteiger partial charge on any atom is -0.310 e. The molecule has 1 aliphatic rings. The number of hydrogen-bond donors (Lipinski definition) is 1. The van der Waals surface area contributed by atoms with Crippen molar-refractivity contribution in [3.63, 3.8) is 0 Å². The summed E-state index contributed by atoms with van der Waals surface area (Å²) < 4.78 is 61.4. The van der Waals surface area contributed by atoms with Crippen LogP contribution in [0.2, 0.25) is 0 Å². The smallest absolute Gasteiger partial charge is 0.310 e. The first-order valence-corrected chi connectivity index (χ1v) is 10.8. The molecule has 156 valence electrons. The third-order valence-corrected chi connectivity index (χ3v) is 6.68. The highest BCUT2D eigenvalue weighted by Crippen LogP contribution is 2.36. The van der Waals surface area contributed by atoms with Crippen LogP contribution in [-0.4, -0.2) is 24.8 Å². The van der Waals surface area contributed by atoms with Crippen molar-refractivity contribution in [2.75, 3.05) is 5.32 Å². The van der Waals surface area contributed by atoms with Crippen molar-refractivity contribution in [3.05, 3.63) is 54.2 Å². The number of halogens is 3. The van der Waals surface area contributed by atoms with Gasteiger partial charge in [0.05, 0.1) is 10.8 Å². The molecule has 1 aliphatic carbocycles. The molecule has 29 heavy (non-hydrogen) atoms. The van der Waals surface area contributed by atoms with E-state index in [1.54, 1.807) is 24.4 Å². The van der Waals surface area contributed by atoms with E-state index < -0.39 is 26.2 Å². The molecule has 1 saturated carbocycles. The second kappa shape index (κ2) is 8.52. The van der Waals surface area contributed by atoms with Crippen LogP contribution in [0.5, 0.6) is 0 Å². The first-order chi connectivity index (χ1) is 13.7. The molecule has 0 bridgehead atoms. The zero-order chi connectivity index (χ0) is 21.1. The number of aromatic nitrogens is 1. The van der Waals surface area contributed by atoms with Crippen LogP contribution < -0.4 is 5.32 Å². The van der Waals surface area contributed by atoms with Crippen LogP contribution in [0.3, 0.4) is 0 Å². The van der Waals surface area contributed by atoms with E-state index in [1.165, 1.54) is 12.1 Å². The second-order valence-electron chi connectivity index (χ2n) is 7.16. The molecule has 0 saturated heterocycles. The molecular weight excluding hydrogens is 405 g/mol. The van der Waals surface area contributed by atoms with Gasteiger partial charge in [-0.1, -0.05) is 43.9 Å². The summed E-state index contributed by atoms with van der Waals surface area (Å²) in [5.74, 6) is -0.206. The molecule has 9 heteroatoms.